The molecule has 0 atom stereocenters. The van der Waals surface area contributed by atoms with E-state index < -0.39 is 11.6 Å². The first kappa shape index (κ1) is 10.9. The molecule has 5 heteroatoms. The average Bonchev–Trinajstić information content (AvgIpc) is 2.15. The third-order valence-corrected chi connectivity index (χ3v) is 1.56. The standard InChI is InChI=1S/C9H11F2NO2/c10-7-2-3-9(8(11)6-7)13-4-1-5-14-12/h2-3,6H,1,4-5,12H2. The predicted molar refractivity (Wildman–Crippen MR) is 46.6 cm³/mol. The summed E-state index contributed by atoms with van der Waals surface area (Å²) in [6.45, 7) is 0.614. The van der Waals surface area contributed by atoms with Crippen LogP contribution in [-0.4, -0.2) is 13.2 Å². The summed E-state index contributed by atoms with van der Waals surface area (Å²) in [5, 5.41) is 0. The number of halogens is 2. The fourth-order valence-corrected chi connectivity index (χ4v) is 0.917. The highest BCUT2D eigenvalue weighted by molar-refractivity contribution is 5.24. The lowest BCUT2D eigenvalue weighted by atomic mass is 10.3. The highest BCUT2D eigenvalue weighted by Gasteiger charge is 2.03. The van der Waals surface area contributed by atoms with E-state index in [1.54, 1.807) is 0 Å². The van der Waals surface area contributed by atoms with Crippen LogP contribution in [0.4, 0.5) is 8.78 Å². The Balaban J connectivity index is 2.42. The molecular weight excluding hydrogens is 192 g/mol. The molecule has 0 saturated carbocycles. The van der Waals surface area contributed by atoms with Crippen LogP contribution in [0.5, 0.6) is 5.75 Å². The second-order valence-electron chi connectivity index (χ2n) is 2.65. The molecule has 0 heterocycles. The van der Waals surface area contributed by atoms with E-state index in [0.717, 1.165) is 12.1 Å². The third-order valence-electron chi connectivity index (χ3n) is 1.56. The van der Waals surface area contributed by atoms with Crippen molar-refractivity contribution < 1.29 is 18.4 Å². The molecule has 0 amide bonds. The Morgan fingerprint density at radius 3 is 2.64 bits per heavy atom. The summed E-state index contributed by atoms with van der Waals surface area (Å²) < 4.78 is 30.4. The number of benzene rings is 1. The Kier molecular flexibility index (Phi) is 4.28. The van der Waals surface area contributed by atoms with Crippen LogP contribution in [-0.2, 0) is 4.84 Å². The second kappa shape index (κ2) is 5.51. The van der Waals surface area contributed by atoms with Crippen molar-refractivity contribution in [2.75, 3.05) is 13.2 Å². The summed E-state index contributed by atoms with van der Waals surface area (Å²) in [6.07, 6.45) is 0.549. The maximum absolute atomic E-state index is 12.9. The van der Waals surface area contributed by atoms with Crippen LogP contribution in [0.25, 0.3) is 0 Å². The number of ether oxygens (including phenoxy) is 1. The summed E-state index contributed by atoms with van der Waals surface area (Å²) in [5.74, 6) is 3.48. The summed E-state index contributed by atoms with van der Waals surface area (Å²) in [7, 11) is 0. The van der Waals surface area contributed by atoms with Crippen LogP contribution in [0, 0.1) is 11.6 Å². The molecule has 0 aliphatic rings. The monoisotopic (exact) mass is 203 g/mol. The number of nitrogens with two attached hydrogens (primary N) is 1. The molecule has 0 fully saturated rings. The van der Waals surface area contributed by atoms with Gasteiger partial charge in [-0.15, -0.1) is 0 Å². The molecule has 0 aliphatic heterocycles. The van der Waals surface area contributed by atoms with Crippen molar-refractivity contribution in [2.45, 2.75) is 6.42 Å². The SMILES string of the molecule is NOCCCOc1ccc(F)cc1F. The number of rotatable bonds is 5. The van der Waals surface area contributed by atoms with E-state index in [-0.39, 0.29) is 12.4 Å². The van der Waals surface area contributed by atoms with Crippen LogP contribution in [0.3, 0.4) is 0 Å². The van der Waals surface area contributed by atoms with Gasteiger partial charge in [-0.3, -0.25) is 0 Å². The van der Waals surface area contributed by atoms with Crippen molar-refractivity contribution in [1.82, 2.24) is 0 Å². The minimum atomic E-state index is -0.710. The molecule has 0 bridgehead atoms. The molecule has 0 aliphatic carbocycles. The van der Waals surface area contributed by atoms with E-state index in [1.807, 2.05) is 0 Å². The third kappa shape index (κ3) is 3.27. The summed E-state index contributed by atoms with van der Waals surface area (Å²) >= 11 is 0. The van der Waals surface area contributed by atoms with Crippen molar-refractivity contribution in [2.24, 2.45) is 5.90 Å². The molecule has 0 aromatic heterocycles. The molecule has 1 aromatic carbocycles. The van der Waals surface area contributed by atoms with Gasteiger partial charge in [-0.25, -0.2) is 14.7 Å². The van der Waals surface area contributed by atoms with E-state index in [4.69, 9.17) is 10.6 Å². The minimum absolute atomic E-state index is 0.0309. The quantitative estimate of drug-likeness (QED) is 0.584. The second-order valence-corrected chi connectivity index (χ2v) is 2.65. The van der Waals surface area contributed by atoms with E-state index in [2.05, 4.69) is 4.84 Å². The Bertz CT molecular complexity index is 294. The van der Waals surface area contributed by atoms with Crippen LogP contribution in [0.1, 0.15) is 6.42 Å². The zero-order chi connectivity index (χ0) is 10.4. The molecule has 0 unspecified atom stereocenters. The maximum atomic E-state index is 12.9. The van der Waals surface area contributed by atoms with Gasteiger partial charge in [-0.2, -0.15) is 0 Å². The molecule has 78 valence electrons. The Hall–Kier alpha value is -1.20. The molecule has 1 rings (SSSR count). The van der Waals surface area contributed by atoms with Gasteiger partial charge in [0.2, 0.25) is 0 Å². The highest BCUT2D eigenvalue weighted by atomic mass is 19.1. The van der Waals surface area contributed by atoms with Gasteiger partial charge >= 0.3 is 0 Å². The van der Waals surface area contributed by atoms with Crippen molar-refractivity contribution >= 4 is 0 Å². The molecule has 14 heavy (non-hydrogen) atoms. The van der Waals surface area contributed by atoms with E-state index in [9.17, 15) is 8.78 Å². The zero-order valence-corrected chi connectivity index (χ0v) is 7.50. The lowest BCUT2D eigenvalue weighted by molar-refractivity contribution is 0.121. The molecule has 0 radical (unpaired) electrons. The van der Waals surface area contributed by atoms with Gasteiger partial charge in [-0.1, -0.05) is 0 Å². The number of hydrogen-bond acceptors (Lipinski definition) is 3. The molecule has 2 N–H and O–H groups in total. The maximum Gasteiger partial charge on any atom is 0.167 e. The fraction of sp³-hybridized carbons (Fsp3) is 0.333. The Morgan fingerprint density at radius 2 is 2.00 bits per heavy atom. The first-order chi connectivity index (χ1) is 6.74. The van der Waals surface area contributed by atoms with Gasteiger partial charge in [0.15, 0.2) is 11.6 Å². The first-order valence-corrected chi connectivity index (χ1v) is 4.13. The van der Waals surface area contributed by atoms with Gasteiger partial charge in [0, 0.05) is 12.5 Å². The van der Waals surface area contributed by atoms with E-state index in [0.29, 0.717) is 13.0 Å². The lowest BCUT2D eigenvalue weighted by Gasteiger charge is -2.06. The van der Waals surface area contributed by atoms with Gasteiger partial charge in [0.25, 0.3) is 0 Å². The minimum Gasteiger partial charge on any atom is -0.490 e. The van der Waals surface area contributed by atoms with Crippen LogP contribution in [0.2, 0.25) is 0 Å². The molecular formula is C9H11F2NO2. The van der Waals surface area contributed by atoms with Gasteiger partial charge in [0.05, 0.1) is 13.2 Å². The fourth-order valence-electron chi connectivity index (χ4n) is 0.917. The van der Waals surface area contributed by atoms with Crippen molar-refractivity contribution in [1.29, 1.82) is 0 Å². The van der Waals surface area contributed by atoms with E-state index in [1.165, 1.54) is 6.07 Å². The Morgan fingerprint density at radius 1 is 1.21 bits per heavy atom. The van der Waals surface area contributed by atoms with Crippen LogP contribution in [0.15, 0.2) is 18.2 Å². The van der Waals surface area contributed by atoms with E-state index >= 15 is 0 Å². The molecule has 1 aromatic rings. The smallest absolute Gasteiger partial charge is 0.167 e. The summed E-state index contributed by atoms with van der Waals surface area (Å²) in [5.41, 5.74) is 0. The molecule has 0 saturated heterocycles. The van der Waals surface area contributed by atoms with Gasteiger partial charge < -0.3 is 9.57 Å². The predicted octanol–water partition coefficient (Wildman–Crippen LogP) is 1.62. The zero-order valence-electron chi connectivity index (χ0n) is 7.50. The normalized spacial score (nSPS) is 10.2. The van der Waals surface area contributed by atoms with Gasteiger partial charge in [-0.05, 0) is 12.1 Å². The van der Waals surface area contributed by atoms with Crippen molar-refractivity contribution in [3.8, 4) is 5.75 Å². The van der Waals surface area contributed by atoms with Crippen molar-refractivity contribution in [3.63, 3.8) is 0 Å². The Labute approximate surface area is 80.4 Å². The lowest BCUT2D eigenvalue weighted by Crippen LogP contribution is -2.06. The summed E-state index contributed by atoms with van der Waals surface area (Å²) in [6, 6.07) is 3.15. The van der Waals surface area contributed by atoms with Crippen LogP contribution >= 0.6 is 0 Å². The molecule has 0 spiro atoms. The van der Waals surface area contributed by atoms with Crippen molar-refractivity contribution in [3.05, 3.63) is 29.8 Å². The molecule has 3 nitrogen and oxygen atoms in total. The average molecular weight is 203 g/mol. The number of hydrogen-bond donors (Lipinski definition) is 1. The topological polar surface area (TPSA) is 44.5 Å². The van der Waals surface area contributed by atoms with Crippen LogP contribution < -0.4 is 10.6 Å². The largest absolute Gasteiger partial charge is 0.490 e. The summed E-state index contributed by atoms with van der Waals surface area (Å²) in [4.78, 5) is 4.30. The highest BCUT2D eigenvalue weighted by Crippen LogP contribution is 2.17. The van der Waals surface area contributed by atoms with Gasteiger partial charge in [0.1, 0.15) is 5.82 Å². The first-order valence-electron chi connectivity index (χ1n) is 4.13.